The highest BCUT2D eigenvalue weighted by molar-refractivity contribution is 7.92. The van der Waals surface area contributed by atoms with E-state index in [4.69, 9.17) is 4.74 Å². The maximum atomic E-state index is 12.3. The maximum absolute atomic E-state index is 12.3. The molecule has 0 unspecified atom stereocenters. The molecule has 0 spiro atoms. The quantitative estimate of drug-likeness (QED) is 0.824. The number of rotatable bonds is 5. The molecule has 1 saturated heterocycles. The minimum atomic E-state index is -3.70. The van der Waals surface area contributed by atoms with E-state index in [1.165, 1.54) is 12.1 Å². The number of anilines is 2. The third-order valence-corrected chi connectivity index (χ3v) is 5.44. The summed E-state index contributed by atoms with van der Waals surface area (Å²) >= 11 is 0. The van der Waals surface area contributed by atoms with E-state index >= 15 is 0 Å². The predicted molar refractivity (Wildman–Crippen MR) is 100 cm³/mol. The first-order valence-corrected chi connectivity index (χ1v) is 10.1. The topological polar surface area (TPSA) is 105 Å². The third kappa shape index (κ3) is 4.64. The Kier molecular flexibility index (Phi) is 5.75. The number of piperazine rings is 1. The Bertz CT molecular complexity index is 866. The van der Waals surface area contributed by atoms with E-state index in [1.807, 2.05) is 4.90 Å². The Morgan fingerprint density at radius 3 is 2.37 bits per heavy atom. The van der Waals surface area contributed by atoms with Gasteiger partial charge >= 0.3 is 6.09 Å². The van der Waals surface area contributed by atoms with Gasteiger partial charge < -0.3 is 14.5 Å². The van der Waals surface area contributed by atoms with Crippen molar-refractivity contribution in [3.05, 3.63) is 42.5 Å². The highest BCUT2D eigenvalue weighted by Crippen LogP contribution is 2.17. The number of amides is 1. The van der Waals surface area contributed by atoms with Crippen LogP contribution in [0.1, 0.15) is 6.92 Å². The van der Waals surface area contributed by atoms with Gasteiger partial charge in [-0.3, -0.25) is 4.72 Å². The molecule has 144 valence electrons. The van der Waals surface area contributed by atoms with Crippen molar-refractivity contribution in [2.75, 3.05) is 42.4 Å². The lowest BCUT2D eigenvalue weighted by atomic mass is 10.3. The van der Waals surface area contributed by atoms with Gasteiger partial charge in [0.25, 0.3) is 10.0 Å². The van der Waals surface area contributed by atoms with Crippen molar-refractivity contribution in [2.45, 2.75) is 11.8 Å². The predicted octanol–water partition coefficient (Wildman–Crippen LogP) is 1.56. The molecule has 9 nitrogen and oxygen atoms in total. The van der Waals surface area contributed by atoms with Crippen LogP contribution >= 0.6 is 0 Å². The van der Waals surface area contributed by atoms with Crippen LogP contribution < -0.4 is 9.62 Å². The van der Waals surface area contributed by atoms with Gasteiger partial charge in [-0.2, -0.15) is 0 Å². The fourth-order valence-electron chi connectivity index (χ4n) is 2.68. The smallest absolute Gasteiger partial charge is 0.409 e. The van der Waals surface area contributed by atoms with Crippen LogP contribution in [-0.2, 0) is 14.8 Å². The second-order valence-electron chi connectivity index (χ2n) is 5.87. The summed E-state index contributed by atoms with van der Waals surface area (Å²) in [7, 11) is -3.70. The highest BCUT2D eigenvalue weighted by Gasteiger charge is 2.23. The summed E-state index contributed by atoms with van der Waals surface area (Å²) in [5, 5.41) is 8.06. The summed E-state index contributed by atoms with van der Waals surface area (Å²) in [4.78, 5) is 15.5. The van der Waals surface area contributed by atoms with Gasteiger partial charge in [0, 0.05) is 26.2 Å². The van der Waals surface area contributed by atoms with Crippen molar-refractivity contribution in [1.29, 1.82) is 0 Å². The van der Waals surface area contributed by atoms with Crippen LogP contribution in [0, 0.1) is 0 Å². The molecule has 0 aliphatic carbocycles. The fraction of sp³-hybridized carbons (Fsp3) is 0.353. The van der Waals surface area contributed by atoms with E-state index < -0.39 is 10.0 Å². The highest BCUT2D eigenvalue weighted by atomic mass is 32.2. The lowest BCUT2D eigenvalue weighted by Gasteiger charge is -2.34. The van der Waals surface area contributed by atoms with E-state index in [1.54, 1.807) is 42.2 Å². The number of sulfonamides is 1. The number of nitrogens with zero attached hydrogens (tertiary/aromatic N) is 4. The van der Waals surface area contributed by atoms with E-state index in [0.717, 1.165) is 0 Å². The largest absolute Gasteiger partial charge is 0.450 e. The molecule has 1 aromatic carbocycles. The zero-order valence-corrected chi connectivity index (χ0v) is 15.7. The van der Waals surface area contributed by atoms with E-state index in [-0.39, 0.29) is 16.8 Å². The number of nitrogens with one attached hydrogen (secondary N) is 1. The molecule has 1 amide bonds. The number of carbonyl (C=O) groups is 1. The first kappa shape index (κ1) is 18.9. The number of aromatic nitrogens is 2. The molecule has 1 aliphatic heterocycles. The summed E-state index contributed by atoms with van der Waals surface area (Å²) < 4.78 is 32.0. The molecule has 0 bridgehead atoms. The average molecular weight is 391 g/mol. The summed E-state index contributed by atoms with van der Waals surface area (Å²) in [5.74, 6) is 0.772. The zero-order valence-electron chi connectivity index (χ0n) is 14.9. The van der Waals surface area contributed by atoms with Gasteiger partial charge in [-0.15, -0.1) is 10.2 Å². The molecular weight excluding hydrogens is 370 g/mol. The lowest BCUT2D eigenvalue weighted by Crippen LogP contribution is -2.49. The molecule has 2 heterocycles. The van der Waals surface area contributed by atoms with Gasteiger partial charge in [0.05, 0.1) is 11.5 Å². The monoisotopic (exact) mass is 391 g/mol. The van der Waals surface area contributed by atoms with Crippen LogP contribution in [0.5, 0.6) is 0 Å². The van der Waals surface area contributed by atoms with E-state index in [0.29, 0.717) is 38.6 Å². The minimum Gasteiger partial charge on any atom is -0.450 e. The maximum Gasteiger partial charge on any atom is 0.409 e. The number of benzene rings is 1. The van der Waals surface area contributed by atoms with Crippen LogP contribution in [0.4, 0.5) is 16.4 Å². The van der Waals surface area contributed by atoms with Gasteiger partial charge in [0.15, 0.2) is 11.6 Å². The standard InChI is InChI=1S/C17H21N5O4S/c1-2-26-17(23)22-12-10-21(11-13-22)16-9-8-15(18-19-16)20-27(24,25)14-6-4-3-5-7-14/h3-9H,2,10-13H2,1H3,(H,18,20). The molecule has 1 aromatic heterocycles. The summed E-state index contributed by atoms with van der Waals surface area (Å²) in [6, 6.07) is 11.3. The number of ether oxygens (including phenoxy) is 1. The second kappa shape index (κ2) is 8.21. The molecule has 0 saturated carbocycles. The number of hydrogen-bond acceptors (Lipinski definition) is 7. The molecule has 0 radical (unpaired) electrons. The number of hydrogen-bond donors (Lipinski definition) is 1. The van der Waals surface area contributed by atoms with Crippen molar-refractivity contribution in [2.24, 2.45) is 0 Å². The van der Waals surface area contributed by atoms with Crippen molar-refractivity contribution in [3.63, 3.8) is 0 Å². The van der Waals surface area contributed by atoms with Crippen LogP contribution in [0.25, 0.3) is 0 Å². The van der Waals surface area contributed by atoms with Gasteiger partial charge in [-0.25, -0.2) is 13.2 Å². The molecule has 2 aromatic rings. The van der Waals surface area contributed by atoms with Gasteiger partial charge in [-0.05, 0) is 31.2 Å². The van der Waals surface area contributed by atoms with Crippen molar-refractivity contribution < 1.29 is 17.9 Å². The fourth-order valence-corrected chi connectivity index (χ4v) is 3.69. The van der Waals surface area contributed by atoms with Crippen LogP contribution in [0.3, 0.4) is 0 Å². The van der Waals surface area contributed by atoms with Crippen molar-refractivity contribution in [3.8, 4) is 0 Å². The van der Waals surface area contributed by atoms with Gasteiger partial charge in [0.1, 0.15) is 0 Å². The first-order valence-electron chi connectivity index (χ1n) is 8.58. The summed E-state index contributed by atoms with van der Waals surface area (Å²) in [6.45, 7) is 4.39. The third-order valence-electron chi connectivity index (χ3n) is 4.07. The average Bonchev–Trinajstić information content (AvgIpc) is 2.69. The Morgan fingerprint density at radius 1 is 1.07 bits per heavy atom. The zero-order chi connectivity index (χ0) is 19.3. The van der Waals surface area contributed by atoms with E-state index in [2.05, 4.69) is 14.9 Å². The SMILES string of the molecule is CCOC(=O)N1CCN(c2ccc(NS(=O)(=O)c3ccccc3)nn2)CC1. The molecule has 1 fully saturated rings. The Morgan fingerprint density at radius 2 is 1.78 bits per heavy atom. The summed E-state index contributed by atoms with van der Waals surface area (Å²) in [5.41, 5.74) is 0. The molecular formula is C17H21N5O4S. The van der Waals surface area contributed by atoms with Crippen molar-refractivity contribution >= 4 is 27.8 Å². The van der Waals surface area contributed by atoms with Gasteiger partial charge in [0.2, 0.25) is 0 Å². The first-order chi connectivity index (χ1) is 13.0. The van der Waals surface area contributed by atoms with Crippen LogP contribution in [-0.4, -0.2) is 62.4 Å². The normalized spacial score (nSPS) is 14.7. The van der Waals surface area contributed by atoms with Crippen LogP contribution in [0.2, 0.25) is 0 Å². The second-order valence-corrected chi connectivity index (χ2v) is 7.55. The molecule has 1 N–H and O–H groups in total. The van der Waals surface area contributed by atoms with E-state index in [9.17, 15) is 13.2 Å². The number of carbonyl (C=O) groups excluding carboxylic acids is 1. The Hall–Kier alpha value is -2.88. The van der Waals surface area contributed by atoms with Crippen LogP contribution in [0.15, 0.2) is 47.4 Å². The molecule has 1 aliphatic rings. The Balaban J connectivity index is 1.61. The molecule has 10 heteroatoms. The molecule has 3 rings (SSSR count). The van der Waals surface area contributed by atoms with Crippen molar-refractivity contribution in [1.82, 2.24) is 15.1 Å². The summed E-state index contributed by atoms with van der Waals surface area (Å²) in [6.07, 6.45) is -0.311. The molecule has 0 atom stereocenters. The van der Waals surface area contributed by atoms with Gasteiger partial charge in [-0.1, -0.05) is 18.2 Å². The lowest BCUT2D eigenvalue weighted by molar-refractivity contribution is 0.105. The molecule has 27 heavy (non-hydrogen) atoms. The Labute approximate surface area is 158 Å². The minimum absolute atomic E-state index is 0.146.